The highest BCUT2D eigenvalue weighted by atomic mass is 16.4. The van der Waals surface area contributed by atoms with E-state index in [1.807, 2.05) is 0 Å². The molecular weight excluding hydrogens is 260 g/mol. The highest BCUT2D eigenvalue weighted by Gasteiger charge is 2.18. The van der Waals surface area contributed by atoms with Gasteiger partial charge in [-0.1, -0.05) is 6.07 Å². The number of carboxylic acids is 2. The molecule has 1 aromatic rings. The van der Waals surface area contributed by atoms with E-state index < -0.39 is 11.9 Å². The van der Waals surface area contributed by atoms with Crippen molar-refractivity contribution in [3.8, 4) is 0 Å². The Morgan fingerprint density at radius 2 is 1.75 bits per heavy atom. The zero-order valence-electron chi connectivity index (χ0n) is 10.7. The lowest BCUT2D eigenvalue weighted by molar-refractivity contribution is -0.133. The maximum Gasteiger partial charge on any atom is 0.335 e. The maximum atomic E-state index is 11.1. The van der Waals surface area contributed by atoms with E-state index in [4.69, 9.17) is 10.2 Å². The predicted octanol–water partition coefficient (Wildman–Crippen LogP) is 3.38. The Labute approximate surface area is 115 Å². The van der Waals surface area contributed by atoms with Gasteiger partial charge in [0.1, 0.15) is 0 Å². The first-order valence-electron chi connectivity index (χ1n) is 6.28. The van der Waals surface area contributed by atoms with E-state index in [2.05, 4.69) is 10.2 Å². The average Bonchev–Trinajstić information content (AvgIpc) is 2.45. The first-order valence-corrected chi connectivity index (χ1v) is 6.28. The minimum absolute atomic E-state index is 0.123. The van der Waals surface area contributed by atoms with Crippen molar-refractivity contribution in [2.75, 3.05) is 0 Å². The lowest BCUT2D eigenvalue weighted by Gasteiger charge is -2.12. The number of hydrogen-bond acceptors (Lipinski definition) is 4. The van der Waals surface area contributed by atoms with Crippen molar-refractivity contribution in [1.82, 2.24) is 0 Å². The molecule has 2 rings (SSSR count). The van der Waals surface area contributed by atoms with Crippen molar-refractivity contribution < 1.29 is 19.8 Å². The number of allylic oxidation sites excluding steroid dienone is 1. The summed E-state index contributed by atoms with van der Waals surface area (Å²) >= 11 is 0. The number of azo groups is 1. The minimum atomic E-state index is -1.04. The Bertz CT molecular complexity index is 605. The Balaban J connectivity index is 2.26. The molecule has 20 heavy (non-hydrogen) atoms. The highest BCUT2D eigenvalue weighted by molar-refractivity contribution is 5.88. The van der Waals surface area contributed by atoms with Crippen molar-refractivity contribution in [2.24, 2.45) is 10.2 Å². The van der Waals surface area contributed by atoms with Gasteiger partial charge in [-0.3, -0.25) is 0 Å². The van der Waals surface area contributed by atoms with Crippen molar-refractivity contribution >= 4 is 17.6 Å². The molecule has 0 aliphatic heterocycles. The molecule has 0 aromatic heterocycles. The number of benzene rings is 1. The Morgan fingerprint density at radius 3 is 2.45 bits per heavy atom. The highest BCUT2D eigenvalue weighted by Crippen LogP contribution is 2.27. The Hall–Kier alpha value is -2.50. The van der Waals surface area contributed by atoms with Crippen LogP contribution in [0.1, 0.15) is 36.0 Å². The van der Waals surface area contributed by atoms with Crippen LogP contribution in [0.15, 0.2) is 45.8 Å². The molecule has 6 nitrogen and oxygen atoms in total. The van der Waals surface area contributed by atoms with Crippen molar-refractivity contribution in [1.29, 1.82) is 0 Å². The SMILES string of the molecule is O=C(O)C1=C(N=Nc2cccc(C(=O)O)c2)CCCC1. The monoisotopic (exact) mass is 274 g/mol. The summed E-state index contributed by atoms with van der Waals surface area (Å²) in [5.74, 6) is -2.00. The molecule has 1 aliphatic rings. The quantitative estimate of drug-likeness (QED) is 0.822. The number of aromatic carboxylic acids is 1. The lowest BCUT2D eigenvalue weighted by Crippen LogP contribution is -2.07. The number of carboxylic acid groups (broad SMARTS) is 2. The largest absolute Gasteiger partial charge is 0.478 e. The Morgan fingerprint density at radius 1 is 1.00 bits per heavy atom. The van der Waals surface area contributed by atoms with Gasteiger partial charge in [0.2, 0.25) is 0 Å². The van der Waals surface area contributed by atoms with E-state index in [1.165, 1.54) is 12.1 Å². The van der Waals surface area contributed by atoms with Crippen molar-refractivity contribution in [2.45, 2.75) is 25.7 Å². The normalized spacial score (nSPS) is 15.6. The van der Waals surface area contributed by atoms with Crippen LogP contribution in [0.2, 0.25) is 0 Å². The van der Waals surface area contributed by atoms with Gasteiger partial charge in [0.15, 0.2) is 0 Å². The van der Waals surface area contributed by atoms with Crippen LogP contribution in [-0.4, -0.2) is 22.2 Å². The summed E-state index contributed by atoms with van der Waals surface area (Å²) in [5, 5.41) is 25.9. The van der Waals surface area contributed by atoms with Crippen LogP contribution in [0, 0.1) is 0 Å². The molecule has 0 atom stereocenters. The minimum Gasteiger partial charge on any atom is -0.478 e. The zero-order valence-corrected chi connectivity index (χ0v) is 10.7. The van der Waals surface area contributed by atoms with E-state index in [-0.39, 0.29) is 5.56 Å². The standard InChI is InChI=1S/C14H14N2O4/c17-13(18)9-4-3-5-10(8-9)15-16-12-7-2-1-6-11(12)14(19)20/h3-5,8H,1-2,6-7H2,(H,17,18)(H,19,20). The molecule has 0 unspecified atom stereocenters. The van der Waals surface area contributed by atoms with E-state index in [0.717, 1.165) is 12.8 Å². The van der Waals surface area contributed by atoms with Gasteiger partial charge in [-0.15, -0.1) is 0 Å². The molecular formula is C14H14N2O4. The molecule has 2 N–H and O–H groups in total. The molecule has 0 bridgehead atoms. The summed E-state index contributed by atoms with van der Waals surface area (Å²) in [6.07, 6.45) is 2.82. The molecule has 0 amide bonds. The molecule has 0 fully saturated rings. The van der Waals surface area contributed by atoms with Crippen LogP contribution in [0.25, 0.3) is 0 Å². The second kappa shape index (κ2) is 6.10. The van der Waals surface area contributed by atoms with E-state index in [1.54, 1.807) is 12.1 Å². The van der Waals surface area contributed by atoms with Gasteiger partial charge in [-0.05, 0) is 43.9 Å². The summed E-state index contributed by atoms with van der Waals surface area (Å²) in [7, 11) is 0. The third-order valence-electron chi connectivity index (χ3n) is 3.08. The fourth-order valence-electron chi connectivity index (χ4n) is 2.05. The van der Waals surface area contributed by atoms with Gasteiger partial charge >= 0.3 is 11.9 Å². The molecule has 0 heterocycles. The second-order valence-electron chi connectivity index (χ2n) is 4.49. The average molecular weight is 274 g/mol. The lowest BCUT2D eigenvalue weighted by atomic mass is 9.97. The van der Waals surface area contributed by atoms with Gasteiger partial charge in [-0.25, -0.2) is 9.59 Å². The number of carbonyl (C=O) groups is 2. The van der Waals surface area contributed by atoms with Gasteiger partial charge in [0, 0.05) is 0 Å². The van der Waals surface area contributed by atoms with Crippen molar-refractivity contribution in [3.63, 3.8) is 0 Å². The smallest absolute Gasteiger partial charge is 0.335 e. The summed E-state index contributed by atoms with van der Waals surface area (Å²) in [6, 6.07) is 6.06. The number of rotatable bonds is 4. The second-order valence-corrected chi connectivity index (χ2v) is 4.49. The molecule has 1 aliphatic carbocycles. The van der Waals surface area contributed by atoms with Crippen molar-refractivity contribution in [3.05, 3.63) is 41.1 Å². The molecule has 104 valence electrons. The van der Waals surface area contributed by atoms with Crippen LogP contribution < -0.4 is 0 Å². The molecule has 0 spiro atoms. The maximum absolute atomic E-state index is 11.1. The van der Waals surface area contributed by atoms with Gasteiger partial charge < -0.3 is 10.2 Å². The Kier molecular flexibility index (Phi) is 4.24. The topological polar surface area (TPSA) is 99.3 Å². The fourth-order valence-corrected chi connectivity index (χ4v) is 2.05. The predicted molar refractivity (Wildman–Crippen MR) is 71.0 cm³/mol. The molecule has 0 radical (unpaired) electrons. The third-order valence-corrected chi connectivity index (χ3v) is 3.08. The molecule has 6 heteroatoms. The number of aliphatic carboxylic acids is 1. The van der Waals surface area contributed by atoms with E-state index in [9.17, 15) is 9.59 Å². The van der Waals surface area contributed by atoms with Crippen LogP contribution in [-0.2, 0) is 4.79 Å². The molecule has 0 saturated heterocycles. The number of nitrogens with zero attached hydrogens (tertiary/aromatic N) is 2. The van der Waals surface area contributed by atoms with Gasteiger partial charge in [0.25, 0.3) is 0 Å². The van der Waals surface area contributed by atoms with Gasteiger partial charge in [0.05, 0.1) is 22.5 Å². The summed E-state index contributed by atoms with van der Waals surface area (Å²) < 4.78 is 0. The molecule has 1 aromatic carbocycles. The first kappa shape index (κ1) is 13.9. The van der Waals surface area contributed by atoms with E-state index in [0.29, 0.717) is 29.8 Å². The summed E-state index contributed by atoms with van der Waals surface area (Å²) in [6.45, 7) is 0. The van der Waals surface area contributed by atoms with Crippen LogP contribution >= 0.6 is 0 Å². The summed E-state index contributed by atoms with van der Waals surface area (Å²) in [5.41, 5.74) is 1.30. The zero-order chi connectivity index (χ0) is 14.5. The molecule has 0 saturated carbocycles. The van der Waals surface area contributed by atoms with E-state index >= 15 is 0 Å². The first-order chi connectivity index (χ1) is 9.58. The summed E-state index contributed by atoms with van der Waals surface area (Å²) in [4.78, 5) is 21.9. The fraction of sp³-hybridized carbons (Fsp3) is 0.286. The van der Waals surface area contributed by atoms with Gasteiger partial charge in [-0.2, -0.15) is 10.2 Å². The van der Waals surface area contributed by atoms with Crippen LogP contribution in [0.3, 0.4) is 0 Å². The van der Waals surface area contributed by atoms with Crippen LogP contribution in [0.4, 0.5) is 5.69 Å². The van der Waals surface area contributed by atoms with Crippen LogP contribution in [0.5, 0.6) is 0 Å². The third kappa shape index (κ3) is 3.28. The number of hydrogen-bond donors (Lipinski definition) is 2.